The Morgan fingerprint density at radius 2 is 2.14 bits per heavy atom. The summed E-state index contributed by atoms with van der Waals surface area (Å²) < 4.78 is 12.4. The second-order valence-corrected chi connectivity index (χ2v) is 5.61. The fourth-order valence-corrected chi connectivity index (χ4v) is 3.02. The van der Waals surface area contributed by atoms with Gasteiger partial charge in [0.1, 0.15) is 18.4 Å². The molecule has 0 saturated heterocycles. The van der Waals surface area contributed by atoms with Gasteiger partial charge in [0.2, 0.25) is 0 Å². The SMILES string of the molecule is COc1ccc2c(c1)c(C=O)cn2CC(=O)OC1CCCC1. The Kier molecular flexibility index (Phi) is 4.13. The van der Waals surface area contributed by atoms with Gasteiger partial charge in [-0.05, 0) is 43.9 Å². The van der Waals surface area contributed by atoms with Gasteiger partial charge in [-0.3, -0.25) is 9.59 Å². The first kappa shape index (κ1) is 14.6. The van der Waals surface area contributed by atoms with Crippen molar-refractivity contribution in [2.75, 3.05) is 7.11 Å². The van der Waals surface area contributed by atoms with Gasteiger partial charge in [0, 0.05) is 22.7 Å². The Bertz CT molecular complexity index is 698. The quantitative estimate of drug-likeness (QED) is 0.629. The van der Waals surface area contributed by atoms with Crippen LogP contribution in [0.5, 0.6) is 5.75 Å². The molecule has 1 aromatic heterocycles. The summed E-state index contributed by atoms with van der Waals surface area (Å²) in [5.41, 5.74) is 1.37. The first-order valence-corrected chi connectivity index (χ1v) is 7.53. The maximum absolute atomic E-state index is 12.1. The number of benzene rings is 1. The van der Waals surface area contributed by atoms with E-state index in [1.54, 1.807) is 23.9 Å². The molecule has 0 spiro atoms. The summed E-state index contributed by atoms with van der Waals surface area (Å²) in [4.78, 5) is 23.3. The van der Waals surface area contributed by atoms with E-state index in [9.17, 15) is 9.59 Å². The lowest BCUT2D eigenvalue weighted by Crippen LogP contribution is -2.19. The molecule has 1 fully saturated rings. The molecule has 0 N–H and O–H groups in total. The molecular weight excluding hydrogens is 282 g/mol. The first-order valence-electron chi connectivity index (χ1n) is 7.53. The lowest BCUT2D eigenvalue weighted by Gasteiger charge is -2.12. The summed E-state index contributed by atoms with van der Waals surface area (Å²) in [7, 11) is 1.58. The molecule has 3 rings (SSSR count). The standard InChI is InChI=1S/C17H19NO4/c1-21-14-6-7-16-15(8-14)12(11-19)9-18(16)10-17(20)22-13-4-2-3-5-13/h6-9,11,13H,2-5,10H2,1H3. The number of aldehydes is 1. The number of rotatable bonds is 5. The number of hydrogen-bond acceptors (Lipinski definition) is 4. The van der Waals surface area contributed by atoms with Crippen molar-refractivity contribution in [1.82, 2.24) is 4.57 Å². The van der Waals surface area contributed by atoms with Crippen LogP contribution in [0.2, 0.25) is 0 Å². The lowest BCUT2D eigenvalue weighted by molar-refractivity contribution is -0.149. The van der Waals surface area contributed by atoms with E-state index in [0.717, 1.165) is 42.9 Å². The third kappa shape index (κ3) is 2.84. The highest BCUT2D eigenvalue weighted by atomic mass is 16.5. The zero-order valence-electron chi connectivity index (χ0n) is 12.6. The Morgan fingerprint density at radius 1 is 1.36 bits per heavy atom. The van der Waals surface area contributed by atoms with Gasteiger partial charge < -0.3 is 14.0 Å². The molecule has 0 atom stereocenters. The van der Waals surface area contributed by atoms with Crippen molar-refractivity contribution < 1.29 is 19.1 Å². The molecule has 0 amide bonds. The highest BCUT2D eigenvalue weighted by molar-refractivity contribution is 5.98. The van der Waals surface area contributed by atoms with Crippen LogP contribution < -0.4 is 4.74 Å². The highest BCUT2D eigenvalue weighted by Gasteiger charge is 2.20. The molecule has 2 aromatic rings. The van der Waals surface area contributed by atoms with Gasteiger partial charge in [-0.25, -0.2) is 0 Å². The summed E-state index contributed by atoms with van der Waals surface area (Å²) in [6.07, 6.45) is 6.69. The first-order chi connectivity index (χ1) is 10.7. The Morgan fingerprint density at radius 3 is 2.82 bits per heavy atom. The van der Waals surface area contributed by atoms with E-state index in [1.165, 1.54) is 0 Å². The molecular formula is C17H19NO4. The highest BCUT2D eigenvalue weighted by Crippen LogP contribution is 2.26. The summed E-state index contributed by atoms with van der Waals surface area (Å²) in [5.74, 6) is 0.430. The fraction of sp³-hybridized carbons (Fsp3) is 0.412. The lowest BCUT2D eigenvalue weighted by atomic mass is 10.2. The van der Waals surface area contributed by atoms with E-state index in [1.807, 2.05) is 12.1 Å². The van der Waals surface area contributed by atoms with Crippen molar-refractivity contribution in [3.8, 4) is 5.75 Å². The zero-order chi connectivity index (χ0) is 15.5. The third-order valence-corrected chi connectivity index (χ3v) is 4.15. The normalized spacial score (nSPS) is 15.1. The Labute approximate surface area is 128 Å². The minimum Gasteiger partial charge on any atom is -0.497 e. The summed E-state index contributed by atoms with van der Waals surface area (Å²) >= 11 is 0. The molecule has 0 unspecified atom stereocenters. The van der Waals surface area contributed by atoms with Gasteiger partial charge in [0.15, 0.2) is 6.29 Å². The van der Waals surface area contributed by atoms with Crippen LogP contribution >= 0.6 is 0 Å². The number of aromatic nitrogens is 1. The number of carbonyl (C=O) groups excluding carboxylic acids is 2. The molecule has 116 valence electrons. The molecule has 5 nitrogen and oxygen atoms in total. The van der Waals surface area contributed by atoms with Crippen molar-refractivity contribution in [1.29, 1.82) is 0 Å². The average Bonchev–Trinajstić information content (AvgIpc) is 3.14. The van der Waals surface area contributed by atoms with Gasteiger partial charge >= 0.3 is 5.97 Å². The predicted octanol–water partition coefficient (Wildman–Crippen LogP) is 2.95. The molecule has 1 saturated carbocycles. The Balaban J connectivity index is 1.83. The van der Waals surface area contributed by atoms with Crippen LogP contribution in [0.3, 0.4) is 0 Å². The second-order valence-electron chi connectivity index (χ2n) is 5.61. The fourth-order valence-electron chi connectivity index (χ4n) is 3.02. The van der Waals surface area contributed by atoms with E-state index in [2.05, 4.69) is 0 Å². The predicted molar refractivity (Wildman–Crippen MR) is 82.2 cm³/mol. The number of hydrogen-bond donors (Lipinski definition) is 0. The van der Waals surface area contributed by atoms with Crippen LogP contribution in [0.25, 0.3) is 10.9 Å². The van der Waals surface area contributed by atoms with Crippen molar-refractivity contribution in [2.24, 2.45) is 0 Å². The number of fused-ring (bicyclic) bond motifs is 1. The molecule has 5 heteroatoms. The topological polar surface area (TPSA) is 57.5 Å². The molecule has 1 aliphatic carbocycles. The number of carbonyl (C=O) groups is 2. The molecule has 0 aliphatic heterocycles. The Hall–Kier alpha value is -2.30. The van der Waals surface area contributed by atoms with Crippen LogP contribution in [0, 0.1) is 0 Å². The van der Waals surface area contributed by atoms with Crippen molar-refractivity contribution in [2.45, 2.75) is 38.3 Å². The van der Waals surface area contributed by atoms with Crippen molar-refractivity contribution >= 4 is 23.2 Å². The van der Waals surface area contributed by atoms with Crippen LogP contribution in [-0.2, 0) is 16.1 Å². The summed E-state index contributed by atoms with van der Waals surface area (Å²) in [5, 5.41) is 0.781. The van der Waals surface area contributed by atoms with Gasteiger partial charge in [0.05, 0.1) is 7.11 Å². The van der Waals surface area contributed by atoms with Crippen LogP contribution in [0.1, 0.15) is 36.0 Å². The van der Waals surface area contributed by atoms with Gasteiger partial charge in [-0.1, -0.05) is 0 Å². The van der Waals surface area contributed by atoms with E-state index in [-0.39, 0.29) is 18.6 Å². The van der Waals surface area contributed by atoms with Crippen LogP contribution in [-0.4, -0.2) is 30.0 Å². The molecule has 22 heavy (non-hydrogen) atoms. The largest absolute Gasteiger partial charge is 0.497 e. The molecule has 1 heterocycles. The van der Waals surface area contributed by atoms with Crippen molar-refractivity contribution in [3.63, 3.8) is 0 Å². The zero-order valence-corrected chi connectivity index (χ0v) is 12.6. The number of methoxy groups -OCH3 is 1. The van der Waals surface area contributed by atoms with Gasteiger partial charge in [0.25, 0.3) is 0 Å². The molecule has 0 bridgehead atoms. The number of nitrogens with zero attached hydrogens (tertiary/aromatic N) is 1. The maximum atomic E-state index is 12.1. The minimum absolute atomic E-state index is 0.0555. The number of ether oxygens (including phenoxy) is 2. The average molecular weight is 301 g/mol. The van der Waals surface area contributed by atoms with Gasteiger partial charge in [-0.2, -0.15) is 0 Å². The monoisotopic (exact) mass is 301 g/mol. The summed E-state index contributed by atoms with van der Waals surface area (Å²) in [6.45, 7) is 0.118. The van der Waals surface area contributed by atoms with E-state index >= 15 is 0 Å². The van der Waals surface area contributed by atoms with Crippen LogP contribution in [0.15, 0.2) is 24.4 Å². The molecule has 1 aromatic carbocycles. The van der Waals surface area contributed by atoms with Crippen molar-refractivity contribution in [3.05, 3.63) is 30.0 Å². The minimum atomic E-state index is -0.253. The summed E-state index contributed by atoms with van der Waals surface area (Å²) in [6, 6.07) is 5.47. The van der Waals surface area contributed by atoms with Gasteiger partial charge in [-0.15, -0.1) is 0 Å². The third-order valence-electron chi connectivity index (χ3n) is 4.15. The second kappa shape index (κ2) is 6.22. The van der Waals surface area contributed by atoms with E-state index < -0.39 is 0 Å². The molecule has 0 radical (unpaired) electrons. The van der Waals surface area contributed by atoms with E-state index in [0.29, 0.717) is 11.3 Å². The van der Waals surface area contributed by atoms with Crippen LogP contribution in [0.4, 0.5) is 0 Å². The van der Waals surface area contributed by atoms with E-state index in [4.69, 9.17) is 9.47 Å². The smallest absolute Gasteiger partial charge is 0.326 e. The number of esters is 1. The molecule has 1 aliphatic rings. The maximum Gasteiger partial charge on any atom is 0.326 e.